The van der Waals surface area contributed by atoms with Crippen LogP contribution >= 0.6 is 11.3 Å². The summed E-state index contributed by atoms with van der Waals surface area (Å²) in [6.07, 6.45) is 3.46. The molecule has 0 fully saturated rings. The second kappa shape index (κ2) is 5.77. The number of rotatable bonds is 4. The van der Waals surface area contributed by atoms with Gasteiger partial charge in [0, 0.05) is 23.5 Å². The summed E-state index contributed by atoms with van der Waals surface area (Å²) in [5, 5.41) is 14.0. The van der Waals surface area contributed by atoms with Gasteiger partial charge in [0.1, 0.15) is 10.8 Å². The normalized spacial score (nSPS) is 11.0. The Morgan fingerprint density at radius 2 is 1.96 bits per heavy atom. The Labute approximate surface area is 136 Å². The van der Waals surface area contributed by atoms with Gasteiger partial charge in [-0.3, -0.25) is 4.98 Å². The van der Waals surface area contributed by atoms with Crippen molar-refractivity contribution in [3.8, 4) is 27.7 Å². The third kappa shape index (κ3) is 2.55. The molecule has 3 heterocycles. The van der Waals surface area contributed by atoms with Crippen LogP contribution in [0, 0.1) is 0 Å². The molecule has 0 atom stereocenters. The first-order chi connectivity index (χ1) is 11.3. The summed E-state index contributed by atoms with van der Waals surface area (Å²) in [6, 6.07) is 11.7. The standard InChI is InChI=1S/C16H13N5OS/c1-2-22-13-5-3-4-12(10-13)15-20-21-14(18-19-16(21)23-15)11-6-8-17-9-7-11/h3-10H,2H2,1H3. The van der Waals surface area contributed by atoms with Crippen LogP contribution in [0.15, 0.2) is 48.8 Å². The quantitative estimate of drug-likeness (QED) is 0.576. The van der Waals surface area contributed by atoms with Gasteiger partial charge in [0.25, 0.3) is 0 Å². The van der Waals surface area contributed by atoms with Crippen LogP contribution in [0.3, 0.4) is 0 Å². The maximum absolute atomic E-state index is 5.55. The molecule has 0 amide bonds. The molecule has 0 saturated carbocycles. The summed E-state index contributed by atoms with van der Waals surface area (Å²) in [5.74, 6) is 1.55. The molecule has 23 heavy (non-hydrogen) atoms. The molecule has 1 aromatic carbocycles. The van der Waals surface area contributed by atoms with Crippen molar-refractivity contribution in [2.45, 2.75) is 6.92 Å². The largest absolute Gasteiger partial charge is 0.494 e. The van der Waals surface area contributed by atoms with Gasteiger partial charge in [-0.15, -0.1) is 10.2 Å². The molecule has 0 aliphatic rings. The van der Waals surface area contributed by atoms with Gasteiger partial charge in [0.2, 0.25) is 4.96 Å². The van der Waals surface area contributed by atoms with Crippen LogP contribution < -0.4 is 4.74 Å². The van der Waals surface area contributed by atoms with E-state index in [0.717, 1.165) is 26.8 Å². The molecule has 0 aliphatic carbocycles. The summed E-state index contributed by atoms with van der Waals surface area (Å²) < 4.78 is 7.32. The molecule has 0 N–H and O–H groups in total. The van der Waals surface area contributed by atoms with Crippen molar-refractivity contribution in [2.75, 3.05) is 6.61 Å². The van der Waals surface area contributed by atoms with Crippen molar-refractivity contribution in [2.24, 2.45) is 0 Å². The lowest BCUT2D eigenvalue weighted by molar-refractivity contribution is 0.340. The topological polar surface area (TPSA) is 65.2 Å². The number of nitrogens with zero attached hydrogens (tertiary/aromatic N) is 5. The highest BCUT2D eigenvalue weighted by Crippen LogP contribution is 2.29. The lowest BCUT2D eigenvalue weighted by atomic mass is 10.2. The van der Waals surface area contributed by atoms with Crippen LogP contribution in [0.4, 0.5) is 0 Å². The highest BCUT2D eigenvalue weighted by atomic mass is 32.1. The molecule has 0 spiro atoms. The third-order valence-corrected chi connectivity index (χ3v) is 4.27. The molecule has 114 valence electrons. The van der Waals surface area contributed by atoms with Gasteiger partial charge in [-0.2, -0.15) is 9.61 Å². The van der Waals surface area contributed by atoms with E-state index in [1.165, 1.54) is 11.3 Å². The first-order valence-electron chi connectivity index (χ1n) is 7.21. The van der Waals surface area contributed by atoms with Crippen molar-refractivity contribution in [1.29, 1.82) is 0 Å². The number of benzene rings is 1. The Kier molecular flexibility index (Phi) is 3.47. The minimum Gasteiger partial charge on any atom is -0.494 e. The van der Waals surface area contributed by atoms with E-state index in [2.05, 4.69) is 20.3 Å². The molecule has 4 aromatic rings. The maximum Gasteiger partial charge on any atom is 0.235 e. The van der Waals surface area contributed by atoms with Crippen LogP contribution in [-0.4, -0.2) is 31.4 Å². The molecular weight excluding hydrogens is 310 g/mol. The van der Waals surface area contributed by atoms with Crippen molar-refractivity contribution in [3.63, 3.8) is 0 Å². The molecule has 0 unspecified atom stereocenters. The fourth-order valence-corrected chi connectivity index (χ4v) is 3.14. The van der Waals surface area contributed by atoms with Gasteiger partial charge >= 0.3 is 0 Å². The van der Waals surface area contributed by atoms with Crippen molar-refractivity contribution >= 4 is 16.3 Å². The van der Waals surface area contributed by atoms with Gasteiger partial charge in [-0.1, -0.05) is 23.5 Å². The van der Waals surface area contributed by atoms with Crippen molar-refractivity contribution in [1.82, 2.24) is 24.8 Å². The molecule has 4 rings (SSSR count). The van der Waals surface area contributed by atoms with Crippen LogP contribution in [0.25, 0.3) is 26.9 Å². The van der Waals surface area contributed by atoms with Gasteiger partial charge in [0.05, 0.1) is 6.61 Å². The van der Waals surface area contributed by atoms with E-state index >= 15 is 0 Å². The zero-order valence-corrected chi connectivity index (χ0v) is 13.2. The zero-order valence-electron chi connectivity index (χ0n) is 12.4. The van der Waals surface area contributed by atoms with E-state index in [9.17, 15) is 0 Å². The highest BCUT2D eigenvalue weighted by molar-refractivity contribution is 7.19. The number of aromatic nitrogens is 5. The lowest BCUT2D eigenvalue weighted by Gasteiger charge is -2.03. The zero-order chi connectivity index (χ0) is 15.6. The molecule has 0 bridgehead atoms. The second-order valence-electron chi connectivity index (χ2n) is 4.82. The summed E-state index contributed by atoms with van der Waals surface area (Å²) in [7, 11) is 0. The Hall–Kier alpha value is -2.80. The Bertz CT molecular complexity index is 947. The first kappa shape index (κ1) is 13.8. The highest BCUT2D eigenvalue weighted by Gasteiger charge is 2.14. The Morgan fingerprint density at radius 1 is 1.09 bits per heavy atom. The molecule has 0 saturated heterocycles. The average molecular weight is 323 g/mol. The van der Waals surface area contributed by atoms with Crippen LogP contribution in [0.5, 0.6) is 5.75 Å². The van der Waals surface area contributed by atoms with Crippen molar-refractivity contribution in [3.05, 3.63) is 48.8 Å². The molecular formula is C16H13N5OS. The van der Waals surface area contributed by atoms with E-state index in [1.54, 1.807) is 16.9 Å². The third-order valence-electron chi connectivity index (χ3n) is 3.32. The monoisotopic (exact) mass is 323 g/mol. The molecule has 0 aliphatic heterocycles. The molecule has 0 radical (unpaired) electrons. The Balaban J connectivity index is 1.78. The number of ether oxygens (including phenoxy) is 1. The fourth-order valence-electron chi connectivity index (χ4n) is 2.30. The predicted molar refractivity (Wildman–Crippen MR) is 88.5 cm³/mol. The van der Waals surface area contributed by atoms with E-state index in [0.29, 0.717) is 12.4 Å². The van der Waals surface area contributed by atoms with Gasteiger partial charge in [0.15, 0.2) is 5.82 Å². The summed E-state index contributed by atoms with van der Waals surface area (Å²) in [4.78, 5) is 4.78. The number of fused-ring (bicyclic) bond motifs is 1. The van der Waals surface area contributed by atoms with Crippen molar-refractivity contribution < 1.29 is 4.74 Å². The predicted octanol–water partition coefficient (Wildman–Crippen LogP) is 3.31. The van der Waals surface area contributed by atoms with E-state index in [4.69, 9.17) is 4.74 Å². The van der Waals surface area contributed by atoms with Crippen LogP contribution in [0.2, 0.25) is 0 Å². The molecule has 6 nitrogen and oxygen atoms in total. The smallest absolute Gasteiger partial charge is 0.235 e. The maximum atomic E-state index is 5.55. The number of hydrogen-bond acceptors (Lipinski definition) is 6. The fraction of sp³-hybridized carbons (Fsp3) is 0.125. The van der Waals surface area contributed by atoms with Crippen LogP contribution in [0.1, 0.15) is 6.92 Å². The summed E-state index contributed by atoms with van der Waals surface area (Å²) >= 11 is 1.50. The van der Waals surface area contributed by atoms with E-state index < -0.39 is 0 Å². The average Bonchev–Trinajstić information content (AvgIpc) is 3.17. The summed E-state index contributed by atoms with van der Waals surface area (Å²) in [5.41, 5.74) is 1.94. The first-order valence-corrected chi connectivity index (χ1v) is 8.02. The van der Waals surface area contributed by atoms with E-state index in [-0.39, 0.29) is 0 Å². The minimum atomic E-state index is 0.640. The van der Waals surface area contributed by atoms with E-state index in [1.807, 2.05) is 43.3 Å². The second-order valence-corrected chi connectivity index (χ2v) is 5.78. The SMILES string of the molecule is CCOc1cccc(-c2nn3c(-c4ccncc4)nnc3s2)c1. The molecule has 3 aromatic heterocycles. The lowest BCUT2D eigenvalue weighted by Crippen LogP contribution is -1.92. The van der Waals surface area contributed by atoms with Gasteiger partial charge in [-0.25, -0.2) is 0 Å². The van der Waals surface area contributed by atoms with Crippen LogP contribution in [-0.2, 0) is 0 Å². The summed E-state index contributed by atoms with van der Waals surface area (Å²) in [6.45, 7) is 2.61. The Morgan fingerprint density at radius 3 is 2.78 bits per heavy atom. The molecule has 7 heteroatoms. The number of pyridine rings is 1. The number of hydrogen-bond donors (Lipinski definition) is 0. The minimum absolute atomic E-state index is 0.640. The van der Waals surface area contributed by atoms with Gasteiger partial charge < -0.3 is 4.74 Å². The van der Waals surface area contributed by atoms with Gasteiger partial charge in [-0.05, 0) is 31.2 Å².